The number of amides is 1. The quantitative estimate of drug-likeness (QED) is 0.620. The predicted octanol–water partition coefficient (Wildman–Crippen LogP) is 3.94. The van der Waals surface area contributed by atoms with Crippen LogP contribution in [0.25, 0.3) is 0 Å². The fourth-order valence-corrected chi connectivity index (χ4v) is 3.21. The van der Waals surface area contributed by atoms with Gasteiger partial charge in [-0.05, 0) is 53.4 Å². The number of halogens is 1. The fraction of sp³-hybridized carbons (Fsp3) is 0.450. The molecule has 3 aromatic rings. The van der Waals surface area contributed by atoms with Crippen LogP contribution < -0.4 is 5.32 Å². The number of nitrogens with one attached hydrogen (secondary N) is 1. The number of nitrogens with zero attached hydrogens (tertiary/aromatic N) is 4. The number of carbonyl (C=O) groups excluding carboxylic acids is 1. The smallest absolute Gasteiger partial charge is 0.287 e. The summed E-state index contributed by atoms with van der Waals surface area (Å²) in [5.41, 5.74) is 1.81. The lowest BCUT2D eigenvalue weighted by Crippen LogP contribution is -2.46. The van der Waals surface area contributed by atoms with E-state index in [4.69, 9.17) is 4.42 Å². The largest absolute Gasteiger partial charge is 0.454 e. The second kappa shape index (κ2) is 7.95. The van der Waals surface area contributed by atoms with Crippen molar-refractivity contribution >= 4 is 21.8 Å². The third kappa shape index (κ3) is 4.55. The van der Waals surface area contributed by atoms with E-state index in [1.165, 1.54) is 0 Å². The molecule has 0 spiro atoms. The average molecular weight is 448 g/mol. The Labute approximate surface area is 173 Å². The number of aryl methyl sites for hydroxylation is 1. The molecule has 0 aliphatic carbocycles. The van der Waals surface area contributed by atoms with E-state index < -0.39 is 0 Å². The minimum Gasteiger partial charge on any atom is -0.454 e. The van der Waals surface area contributed by atoms with Gasteiger partial charge in [-0.25, -0.2) is 0 Å². The van der Waals surface area contributed by atoms with E-state index in [1.54, 1.807) is 12.3 Å². The third-order valence-electron chi connectivity index (χ3n) is 4.76. The molecule has 1 N–H and O–H groups in total. The van der Waals surface area contributed by atoms with Crippen LogP contribution in [0.5, 0.6) is 0 Å². The van der Waals surface area contributed by atoms with Crippen molar-refractivity contribution in [1.29, 1.82) is 0 Å². The SMILES string of the molecule is Cc1nn(Cc2ccc(C(=O)N[C@@H](Cn3cccn3)C(C)(C)C)o2)c(C)c1Br. The predicted molar refractivity (Wildman–Crippen MR) is 110 cm³/mol. The van der Waals surface area contributed by atoms with Gasteiger partial charge < -0.3 is 9.73 Å². The van der Waals surface area contributed by atoms with Gasteiger partial charge in [-0.15, -0.1) is 0 Å². The Balaban J connectivity index is 1.71. The standard InChI is InChI=1S/C20H26BrN5O2/c1-13-18(21)14(2)26(24-13)11-15-7-8-16(28-15)19(27)23-17(20(3,4)5)12-25-10-6-9-22-25/h6-10,17H,11-12H2,1-5H3,(H,23,27)/t17-/m0/s1. The summed E-state index contributed by atoms with van der Waals surface area (Å²) in [5, 5.41) is 11.8. The summed E-state index contributed by atoms with van der Waals surface area (Å²) in [4.78, 5) is 12.8. The van der Waals surface area contributed by atoms with Crippen LogP contribution in [0.3, 0.4) is 0 Å². The van der Waals surface area contributed by atoms with Crippen molar-refractivity contribution in [3.63, 3.8) is 0 Å². The van der Waals surface area contributed by atoms with Crippen molar-refractivity contribution in [3.8, 4) is 0 Å². The maximum Gasteiger partial charge on any atom is 0.287 e. The van der Waals surface area contributed by atoms with Crippen LogP contribution in [0.15, 0.2) is 39.5 Å². The van der Waals surface area contributed by atoms with E-state index in [9.17, 15) is 4.79 Å². The lowest BCUT2D eigenvalue weighted by molar-refractivity contribution is 0.0860. The van der Waals surface area contributed by atoms with E-state index in [-0.39, 0.29) is 17.4 Å². The van der Waals surface area contributed by atoms with Crippen LogP contribution >= 0.6 is 15.9 Å². The zero-order valence-corrected chi connectivity index (χ0v) is 18.4. The van der Waals surface area contributed by atoms with Crippen molar-refractivity contribution in [2.75, 3.05) is 0 Å². The molecule has 28 heavy (non-hydrogen) atoms. The summed E-state index contributed by atoms with van der Waals surface area (Å²) in [6, 6.07) is 5.30. The molecule has 8 heteroatoms. The zero-order chi connectivity index (χ0) is 20.5. The van der Waals surface area contributed by atoms with Gasteiger partial charge in [0, 0.05) is 12.4 Å². The highest BCUT2D eigenvalue weighted by Gasteiger charge is 2.28. The third-order valence-corrected chi connectivity index (χ3v) is 5.91. The van der Waals surface area contributed by atoms with Crippen LogP contribution in [0.2, 0.25) is 0 Å². The molecule has 0 unspecified atom stereocenters. The van der Waals surface area contributed by atoms with Crippen molar-refractivity contribution in [1.82, 2.24) is 24.9 Å². The van der Waals surface area contributed by atoms with E-state index in [0.29, 0.717) is 24.6 Å². The molecule has 3 heterocycles. The number of furan rings is 1. The molecular formula is C20H26BrN5O2. The second-order valence-electron chi connectivity index (χ2n) is 8.03. The molecule has 3 rings (SSSR count). The number of hydrogen-bond acceptors (Lipinski definition) is 4. The highest BCUT2D eigenvalue weighted by Crippen LogP contribution is 2.23. The van der Waals surface area contributed by atoms with Gasteiger partial charge in [0.05, 0.1) is 35.0 Å². The Hall–Kier alpha value is -2.35. The maximum absolute atomic E-state index is 12.8. The lowest BCUT2D eigenvalue weighted by Gasteiger charge is -2.31. The van der Waals surface area contributed by atoms with Crippen LogP contribution in [-0.4, -0.2) is 31.5 Å². The van der Waals surface area contributed by atoms with Crippen molar-refractivity contribution in [2.45, 2.75) is 53.8 Å². The summed E-state index contributed by atoms with van der Waals surface area (Å²) < 4.78 is 10.5. The zero-order valence-electron chi connectivity index (χ0n) is 16.9. The van der Waals surface area contributed by atoms with Crippen molar-refractivity contribution < 1.29 is 9.21 Å². The number of aromatic nitrogens is 4. The topological polar surface area (TPSA) is 77.9 Å². The molecule has 3 aromatic heterocycles. The molecule has 150 valence electrons. The van der Waals surface area contributed by atoms with Gasteiger partial charge in [0.15, 0.2) is 5.76 Å². The molecule has 0 saturated heterocycles. The first-order valence-electron chi connectivity index (χ1n) is 9.21. The molecule has 0 bridgehead atoms. The first kappa shape index (κ1) is 20.4. The average Bonchev–Trinajstić information content (AvgIpc) is 3.34. The minimum absolute atomic E-state index is 0.0968. The Morgan fingerprint density at radius 3 is 2.64 bits per heavy atom. The Kier molecular flexibility index (Phi) is 5.79. The second-order valence-corrected chi connectivity index (χ2v) is 8.82. The van der Waals surface area contributed by atoms with Gasteiger partial charge in [0.2, 0.25) is 0 Å². The summed E-state index contributed by atoms with van der Waals surface area (Å²) >= 11 is 3.53. The summed E-state index contributed by atoms with van der Waals surface area (Å²) in [7, 11) is 0. The lowest BCUT2D eigenvalue weighted by atomic mass is 9.86. The molecule has 0 aromatic carbocycles. The monoisotopic (exact) mass is 447 g/mol. The van der Waals surface area contributed by atoms with Crippen LogP contribution in [0.4, 0.5) is 0 Å². The molecule has 1 atom stereocenters. The molecule has 0 aliphatic heterocycles. The molecular weight excluding hydrogens is 422 g/mol. The van der Waals surface area contributed by atoms with Crippen LogP contribution in [0, 0.1) is 19.3 Å². The van der Waals surface area contributed by atoms with Crippen molar-refractivity contribution in [3.05, 3.63) is 58.0 Å². The summed E-state index contributed by atoms with van der Waals surface area (Å²) in [6.07, 6.45) is 3.63. The molecule has 0 fully saturated rings. The fourth-order valence-electron chi connectivity index (χ4n) is 2.92. The summed E-state index contributed by atoms with van der Waals surface area (Å²) in [6.45, 7) is 11.3. The first-order valence-corrected chi connectivity index (χ1v) is 10.0. The Morgan fingerprint density at radius 2 is 2.07 bits per heavy atom. The maximum atomic E-state index is 12.8. The highest BCUT2D eigenvalue weighted by atomic mass is 79.9. The van der Waals surface area contributed by atoms with Gasteiger partial charge in [-0.1, -0.05) is 20.8 Å². The molecule has 1 amide bonds. The molecule has 0 saturated carbocycles. The first-order chi connectivity index (χ1) is 13.1. The highest BCUT2D eigenvalue weighted by molar-refractivity contribution is 9.10. The van der Waals surface area contributed by atoms with Crippen LogP contribution in [-0.2, 0) is 13.1 Å². The van der Waals surface area contributed by atoms with Crippen molar-refractivity contribution in [2.24, 2.45) is 5.41 Å². The van der Waals surface area contributed by atoms with Gasteiger partial charge in [-0.2, -0.15) is 10.2 Å². The molecule has 0 radical (unpaired) electrons. The van der Waals surface area contributed by atoms with E-state index in [0.717, 1.165) is 15.9 Å². The molecule has 0 aliphatic rings. The van der Waals surface area contributed by atoms with E-state index >= 15 is 0 Å². The number of rotatable bonds is 6. The Bertz CT molecular complexity index is 950. The van der Waals surface area contributed by atoms with Gasteiger partial charge in [-0.3, -0.25) is 14.2 Å². The van der Waals surface area contributed by atoms with E-state index in [1.807, 2.05) is 41.5 Å². The van der Waals surface area contributed by atoms with Gasteiger partial charge in [0.1, 0.15) is 5.76 Å². The normalized spacial score (nSPS) is 12.9. The summed E-state index contributed by atoms with van der Waals surface area (Å²) in [5.74, 6) is 0.751. The molecule has 7 nitrogen and oxygen atoms in total. The number of carbonyl (C=O) groups is 1. The van der Waals surface area contributed by atoms with E-state index in [2.05, 4.69) is 52.2 Å². The van der Waals surface area contributed by atoms with Gasteiger partial charge >= 0.3 is 0 Å². The van der Waals surface area contributed by atoms with Crippen LogP contribution in [0.1, 0.15) is 48.5 Å². The Morgan fingerprint density at radius 1 is 1.32 bits per heavy atom. The van der Waals surface area contributed by atoms with Gasteiger partial charge in [0.25, 0.3) is 5.91 Å². The number of hydrogen-bond donors (Lipinski definition) is 1. The minimum atomic E-state index is -0.229.